The van der Waals surface area contributed by atoms with Gasteiger partial charge in [0, 0.05) is 5.69 Å². The van der Waals surface area contributed by atoms with Gasteiger partial charge in [-0.1, -0.05) is 18.9 Å². The largest absolute Gasteiger partial charge is 0.451 e. The smallest absolute Gasteiger partial charge is 0.327 e. The zero-order valence-corrected chi connectivity index (χ0v) is 16.5. The number of anilines is 1. The summed E-state index contributed by atoms with van der Waals surface area (Å²) in [5, 5.41) is 5.47. The van der Waals surface area contributed by atoms with Gasteiger partial charge in [-0.15, -0.1) is 0 Å². The molecule has 0 radical (unpaired) electrons. The van der Waals surface area contributed by atoms with E-state index in [1.807, 2.05) is 18.2 Å². The van der Waals surface area contributed by atoms with Gasteiger partial charge in [0.2, 0.25) is 0 Å². The molecule has 4 amide bonds. The van der Waals surface area contributed by atoms with Crippen molar-refractivity contribution in [1.82, 2.24) is 10.2 Å². The zero-order chi connectivity index (χ0) is 20.6. The third kappa shape index (κ3) is 3.71. The van der Waals surface area contributed by atoms with Crippen molar-refractivity contribution in [3.05, 3.63) is 29.3 Å². The Morgan fingerprint density at radius 2 is 1.90 bits per heavy atom. The van der Waals surface area contributed by atoms with Crippen LogP contribution in [0.4, 0.5) is 10.5 Å². The van der Waals surface area contributed by atoms with Crippen molar-refractivity contribution in [3.8, 4) is 0 Å². The zero-order valence-electron chi connectivity index (χ0n) is 16.5. The predicted octanol–water partition coefficient (Wildman–Crippen LogP) is 1.91. The van der Waals surface area contributed by atoms with Gasteiger partial charge < -0.3 is 15.4 Å². The van der Waals surface area contributed by atoms with Crippen molar-refractivity contribution in [2.24, 2.45) is 0 Å². The van der Waals surface area contributed by atoms with E-state index in [9.17, 15) is 19.2 Å². The number of hydrogen-bond acceptors (Lipinski definition) is 5. The van der Waals surface area contributed by atoms with Gasteiger partial charge in [-0.3, -0.25) is 19.3 Å². The first-order valence-electron chi connectivity index (χ1n) is 10.1. The molecule has 1 spiro atoms. The van der Waals surface area contributed by atoms with E-state index in [1.165, 1.54) is 18.1 Å². The Labute approximate surface area is 169 Å². The number of esters is 1. The third-order valence-corrected chi connectivity index (χ3v) is 6.03. The molecule has 154 valence electrons. The molecule has 2 fully saturated rings. The number of amides is 4. The monoisotopic (exact) mass is 399 g/mol. The molecule has 0 unspecified atom stereocenters. The van der Waals surface area contributed by atoms with Crippen LogP contribution < -0.4 is 10.6 Å². The van der Waals surface area contributed by atoms with Gasteiger partial charge in [0.1, 0.15) is 12.1 Å². The lowest BCUT2D eigenvalue weighted by Gasteiger charge is -2.20. The van der Waals surface area contributed by atoms with E-state index < -0.39 is 36.1 Å². The summed E-state index contributed by atoms with van der Waals surface area (Å²) in [6, 6.07) is 5.21. The van der Waals surface area contributed by atoms with E-state index in [4.69, 9.17) is 4.74 Å². The molecule has 0 bridgehead atoms. The van der Waals surface area contributed by atoms with Crippen molar-refractivity contribution in [2.45, 2.75) is 63.5 Å². The molecular formula is C21H25N3O5. The maximum atomic E-state index is 12.6. The lowest BCUT2D eigenvalue weighted by atomic mass is 9.98. The number of nitrogens with zero attached hydrogens (tertiary/aromatic N) is 1. The number of aryl methyl sites for hydroxylation is 2. The minimum Gasteiger partial charge on any atom is -0.451 e. The van der Waals surface area contributed by atoms with Gasteiger partial charge >= 0.3 is 12.0 Å². The fourth-order valence-electron chi connectivity index (χ4n) is 4.45. The summed E-state index contributed by atoms with van der Waals surface area (Å²) >= 11 is 0. The third-order valence-electron chi connectivity index (χ3n) is 6.03. The molecule has 1 heterocycles. The Kier molecular flexibility index (Phi) is 5.02. The van der Waals surface area contributed by atoms with Crippen LogP contribution in [0.3, 0.4) is 0 Å². The number of carbonyl (C=O) groups is 4. The molecule has 29 heavy (non-hydrogen) atoms. The van der Waals surface area contributed by atoms with Gasteiger partial charge in [0.15, 0.2) is 6.10 Å². The van der Waals surface area contributed by atoms with Crippen LogP contribution in [-0.2, 0) is 32.0 Å². The van der Waals surface area contributed by atoms with E-state index in [1.54, 1.807) is 0 Å². The fourth-order valence-corrected chi connectivity index (χ4v) is 4.45. The maximum Gasteiger partial charge on any atom is 0.327 e. The normalized spacial score (nSPS) is 20.5. The molecule has 0 aromatic heterocycles. The first-order chi connectivity index (χ1) is 13.9. The number of carbonyl (C=O) groups excluding carboxylic acids is 4. The second kappa shape index (κ2) is 7.50. The summed E-state index contributed by atoms with van der Waals surface area (Å²) in [5.74, 6) is -1.63. The van der Waals surface area contributed by atoms with Gasteiger partial charge in [-0.05, 0) is 62.3 Å². The van der Waals surface area contributed by atoms with Crippen LogP contribution in [0.2, 0.25) is 0 Å². The Morgan fingerprint density at radius 1 is 1.17 bits per heavy atom. The van der Waals surface area contributed by atoms with E-state index in [0.717, 1.165) is 37.0 Å². The number of fused-ring (bicyclic) bond motifs is 1. The molecule has 1 atom stereocenters. The number of benzene rings is 1. The van der Waals surface area contributed by atoms with Crippen molar-refractivity contribution < 1.29 is 23.9 Å². The van der Waals surface area contributed by atoms with E-state index >= 15 is 0 Å². The van der Waals surface area contributed by atoms with Crippen molar-refractivity contribution in [2.75, 3.05) is 11.9 Å². The topological polar surface area (TPSA) is 105 Å². The molecule has 8 nitrogen and oxygen atoms in total. The number of rotatable bonds is 5. The van der Waals surface area contributed by atoms with Gasteiger partial charge in [0.25, 0.3) is 11.8 Å². The standard InChI is InChI=1S/C21H25N3O5/c1-13(18(26)22-16-8-7-14-5-4-6-15(14)11-16)29-17(25)12-24-19(27)21(23-20(24)28)9-2-3-10-21/h7-8,11,13H,2-6,9-10,12H2,1H3,(H,22,26)(H,23,28)/t13-/m0/s1. The first-order valence-corrected chi connectivity index (χ1v) is 10.1. The lowest BCUT2D eigenvalue weighted by molar-refractivity contribution is -0.155. The Hall–Kier alpha value is -2.90. The summed E-state index contributed by atoms with van der Waals surface area (Å²) in [6.45, 7) is 0.966. The van der Waals surface area contributed by atoms with Crippen molar-refractivity contribution in [3.63, 3.8) is 0 Å². The summed E-state index contributed by atoms with van der Waals surface area (Å²) in [5.41, 5.74) is 2.33. The summed E-state index contributed by atoms with van der Waals surface area (Å²) in [7, 11) is 0. The SMILES string of the molecule is C[C@H](OC(=O)CN1C(=O)NC2(CCCC2)C1=O)C(=O)Nc1ccc2c(c1)CCC2. The molecule has 1 saturated heterocycles. The number of nitrogens with one attached hydrogen (secondary N) is 2. The van der Waals surface area contributed by atoms with Crippen LogP contribution in [0.5, 0.6) is 0 Å². The number of ether oxygens (including phenoxy) is 1. The highest BCUT2D eigenvalue weighted by molar-refractivity contribution is 6.09. The summed E-state index contributed by atoms with van der Waals surface area (Å²) in [6.07, 6.45) is 5.03. The highest BCUT2D eigenvalue weighted by Gasteiger charge is 2.52. The second-order valence-electron chi connectivity index (χ2n) is 8.07. The Morgan fingerprint density at radius 3 is 2.66 bits per heavy atom. The predicted molar refractivity (Wildman–Crippen MR) is 104 cm³/mol. The number of imide groups is 1. The van der Waals surface area contributed by atoms with Crippen LogP contribution in [0.15, 0.2) is 18.2 Å². The average molecular weight is 399 g/mol. The van der Waals surface area contributed by atoms with Crippen LogP contribution in [0.1, 0.15) is 50.2 Å². The molecule has 4 rings (SSSR count). The molecule has 8 heteroatoms. The molecule has 1 aromatic rings. The van der Waals surface area contributed by atoms with Crippen LogP contribution >= 0.6 is 0 Å². The van der Waals surface area contributed by atoms with Crippen LogP contribution in [-0.4, -0.2) is 46.9 Å². The van der Waals surface area contributed by atoms with Crippen LogP contribution in [0.25, 0.3) is 0 Å². The molecule has 1 saturated carbocycles. The lowest BCUT2D eigenvalue weighted by Crippen LogP contribution is -2.44. The molecule has 3 aliphatic rings. The van der Waals surface area contributed by atoms with Crippen LogP contribution in [0, 0.1) is 0 Å². The van der Waals surface area contributed by atoms with Gasteiger partial charge in [0.05, 0.1) is 0 Å². The summed E-state index contributed by atoms with van der Waals surface area (Å²) in [4.78, 5) is 50.2. The van der Waals surface area contributed by atoms with E-state index in [-0.39, 0.29) is 5.91 Å². The second-order valence-corrected chi connectivity index (χ2v) is 8.07. The minimum atomic E-state index is -1.04. The molecule has 2 aliphatic carbocycles. The first kappa shape index (κ1) is 19.4. The van der Waals surface area contributed by atoms with E-state index in [2.05, 4.69) is 10.6 Å². The van der Waals surface area contributed by atoms with Crippen molar-refractivity contribution >= 4 is 29.5 Å². The fraction of sp³-hybridized carbons (Fsp3) is 0.524. The molecular weight excluding hydrogens is 374 g/mol. The molecule has 1 aromatic carbocycles. The summed E-state index contributed by atoms with van der Waals surface area (Å²) < 4.78 is 5.16. The van der Waals surface area contributed by atoms with Gasteiger partial charge in [-0.25, -0.2) is 4.79 Å². The maximum absolute atomic E-state index is 12.6. The average Bonchev–Trinajstić information content (AvgIpc) is 3.39. The number of urea groups is 1. The van der Waals surface area contributed by atoms with E-state index in [0.29, 0.717) is 18.5 Å². The minimum absolute atomic E-state index is 0.382. The quantitative estimate of drug-likeness (QED) is 0.581. The Bertz CT molecular complexity index is 875. The molecule has 1 aliphatic heterocycles. The molecule has 2 N–H and O–H groups in total. The highest BCUT2D eigenvalue weighted by Crippen LogP contribution is 2.35. The van der Waals surface area contributed by atoms with Gasteiger partial charge in [-0.2, -0.15) is 0 Å². The number of hydrogen-bond donors (Lipinski definition) is 2. The Balaban J connectivity index is 1.31. The highest BCUT2D eigenvalue weighted by atomic mass is 16.5. The van der Waals surface area contributed by atoms with Crippen molar-refractivity contribution in [1.29, 1.82) is 0 Å².